The number of primary sulfonamides is 1. The van der Waals surface area contributed by atoms with Crippen LogP contribution in [0.5, 0.6) is 0 Å². The zero-order valence-electron chi connectivity index (χ0n) is 9.56. The third-order valence-electron chi connectivity index (χ3n) is 2.05. The Morgan fingerprint density at radius 3 is 2.65 bits per heavy atom. The van der Waals surface area contributed by atoms with Gasteiger partial charge in [-0.25, -0.2) is 18.4 Å². The number of nitrogens with two attached hydrogens (primary N) is 1. The Kier molecular flexibility index (Phi) is 4.08. The molecule has 0 aliphatic rings. The fourth-order valence-corrected chi connectivity index (χ4v) is 1.73. The fourth-order valence-electron chi connectivity index (χ4n) is 1.19. The average molecular weight is 258 g/mol. The summed E-state index contributed by atoms with van der Waals surface area (Å²) in [7, 11) is -3.78. The number of hydrogen-bond acceptors (Lipinski definition) is 4. The molecule has 0 heterocycles. The fraction of sp³-hybridized carbons (Fsp3) is 0.300. The summed E-state index contributed by atoms with van der Waals surface area (Å²) in [5, 5.41) is 7.44. The number of ether oxygens (including phenoxy) is 1. The zero-order valence-corrected chi connectivity index (χ0v) is 10.4. The molecular weight excluding hydrogens is 244 g/mol. The molecule has 0 saturated carbocycles. The number of aryl methyl sites for hydroxylation is 1. The molecule has 17 heavy (non-hydrogen) atoms. The number of amides is 1. The van der Waals surface area contributed by atoms with E-state index >= 15 is 0 Å². The predicted octanol–water partition coefficient (Wildman–Crippen LogP) is 1.21. The molecular formula is C10H14N2O4S. The van der Waals surface area contributed by atoms with Crippen molar-refractivity contribution < 1.29 is 17.9 Å². The second-order valence-electron chi connectivity index (χ2n) is 3.37. The van der Waals surface area contributed by atoms with E-state index in [0.29, 0.717) is 11.3 Å². The van der Waals surface area contributed by atoms with Crippen molar-refractivity contribution in [2.45, 2.75) is 18.7 Å². The summed E-state index contributed by atoms with van der Waals surface area (Å²) in [6.07, 6.45) is -0.637. The summed E-state index contributed by atoms with van der Waals surface area (Å²) < 4.78 is 27.0. The maximum absolute atomic E-state index is 11.2. The molecule has 0 bridgehead atoms. The van der Waals surface area contributed by atoms with Crippen molar-refractivity contribution in [3.8, 4) is 0 Å². The number of benzene rings is 1. The van der Waals surface area contributed by atoms with Crippen molar-refractivity contribution in [1.82, 2.24) is 0 Å². The number of carbonyl (C=O) groups excluding carboxylic acids is 1. The number of sulfonamides is 1. The lowest BCUT2D eigenvalue weighted by atomic mass is 10.2. The summed E-state index contributed by atoms with van der Waals surface area (Å²) in [5.74, 6) is 0. The average Bonchev–Trinajstić information content (AvgIpc) is 2.20. The van der Waals surface area contributed by atoms with E-state index in [1.165, 1.54) is 12.1 Å². The maximum atomic E-state index is 11.2. The minimum Gasteiger partial charge on any atom is -0.450 e. The minimum atomic E-state index is -3.78. The lowest BCUT2D eigenvalue weighted by Gasteiger charge is -2.09. The van der Waals surface area contributed by atoms with Crippen LogP contribution < -0.4 is 10.5 Å². The van der Waals surface area contributed by atoms with Gasteiger partial charge in [-0.05, 0) is 31.5 Å². The summed E-state index contributed by atoms with van der Waals surface area (Å²) >= 11 is 0. The summed E-state index contributed by atoms with van der Waals surface area (Å²) in [6, 6.07) is 4.23. The van der Waals surface area contributed by atoms with Gasteiger partial charge in [-0.2, -0.15) is 0 Å². The van der Waals surface area contributed by atoms with Crippen LogP contribution in [-0.4, -0.2) is 21.1 Å². The van der Waals surface area contributed by atoms with Gasteiger partial charge in [0.15, 0.2) is 0 Å². The van der Waals surface area contributed by atoms with E-state index in [2.05, 4.69) is 5.32 Å². The second-order valence-corrected chi connectivity index (χ2v) is 4.93. The molecule has 0 saturated heterocycles. The first-order chi connectivity index (χ1) is 7.84. The highest BCUT2D eigenvalue weighted by Crippen LogP contribution is 2.19. The van der Waals surface area contributed by atoms with Gasteiger partial charge in [0.1, 0.15) is 0 Å². The molecule has 0 spiro atoms. The lowest BCUT2D eigenvalue weighted by Crippen LogP contribution is -2.16. The molecule has 94 valence electrons. The molecule has 0 unspecified atom stereocenters. The molecule has 0 fully saturated rings. The van der Waals surface area contributed by atoms with Crippen LogP contribution in [0.3, 0.4) is 0 Å². The zero-order chi connectivity index (χ0) is 13.1. The molecule has 0 radical (unpaired) electrons. The first-order valence-electron chi connectivity index (χ1n) is 4.92. The van der Waals surface area contributed by atoms with Crippen LogP contribution in [0.15, 0.2) is 23.1 Å². The normalized spacial score (nSPS) is 11.0. The van der Waals surface area contributed by atoms with Gasteiger partial charge >= 0.3 is 6.09 Å². The molecule has 1 amide bonds. The number of nitrogens with one attached hydrogen (secondary N) is 1. The van der Waals surface area contributed by atoms with E-state index < -0.39 is 16.1 Å². The molecule has 6 nitrogen and oxygen atoms in total. The molecule has 7 heteroatoms. The largest absolute Gasteiger partial charge is 0.450 e. The van der Waals surface area contributed by atoms with E-state index in [4.69, 9.17) is 9.88 Å². The van der Waals surface area contributed by atoms with Gasteiger partial charge in [-0.1, -0.05) is 6.07 Å². The van der Waals surface area contributed by atoms with Gasteiger partial charge in [0.25, 0.3) is 0 Å². The Hall–Kier alpha value is -1.60. The first kappa shape index (κ1) is 13.5. The van der Waals surface area contributed by atoms with Crippen LogP contribution in [0.4, 0.5) is 10.5 Å². The third-order valence-corrected chi connectivity index (χ3v) is 2.96. The van der Waals surface area contributed by atoms with E-state index in [9.17, 15) is 13.2 Å². The van der Waals surface area contributed by atoms with Crippen molar-refractivity contribution in [3.05, 3.63) is 23.8 Å². The Bertz CT molecular complexity index is 525. The molecule has 0 atom stereocenters. The summed E-state index contributed by atoms with van der Waals surface area (Å²) in [4.78, 5) is 11.2. The highest BCUT2D eigenvalue weighted by atomic mass is 32.2. The number of anilines is 1. The van der Waals surface area contributed by atoms with Crippen molar-refractivity contribution in [1.29, 1.82) is 0 Å². The van der Waals surface area contributed by atoms with Crippen molar-refractivity contribution in [2.75, 3.05) is 11.9 Å². The van der Waals surface area contributed by atoms with E-state index in [-0.39, 0.29) is 11.5 Å². The topological polar surface area (TPSA) is 98.5 Å². The smallest absolute Gasteiger partial charge is 0.411 e. The lowest BCUT2D eigenvalue weighted by molar-refractivity contribution is 0.168. The van der Waals surface area contributed by atoms with Crippen LogP contribution in [0.1, 0.15) is 12.5 Å². The third kappa shape index (κ3) is 3.72. The summed E-state index contributed by atoms with van der Waals surface area (Å²) in [5.41, 5.74) is 1.07. The van der Waals surface area contributed by atoms with Crippen molar-refractivity contribution >= 4 is 21.8 Å². The van der Waals surface area contributed by atoms with Crippen LogP contribution in [0.25, 0.3) is 0 Å². The van der Waals surface area contributed by atoms with Crippen LogP contribution in [0, 0.1) is 6.92 Å². The predicted molar refractivity (Wildman–Crippen MR) is 63.2 cm³/mol. The molecule has 0 aliphatic carbocycles. The SMILES string of the molecule is CCOC(=O)Nc1cc(S(N)(=O)=O)ccc1C. The van der Waals surface area contributed by atoms with Gasteiger partial charge in [0.05, 0.1) is 11.5 Å². The Morgan fingerprint density at radius 2 is 2.12 bits per heavy atom. The van der Waals surface area contributed by atoms with E-state index in [0.717, 1.165) is 0 Å². The second kappa shape index (κ2) is 5.15. The van der Waals surface area contributed by atoms with Crippen molar-refractivity contribution in [3.63, 3.8) is 0 Å². The van der Waals surface area contributed by atoms with Crippen LogP contribution >= 0.6 is 0 Å². The van der Waals surface area contributed by atoms with Crippen LogP contribution in [0.2, 0.25) is 0 Å². The molecule has 1 aromatic carbocycles. The van der Waals surface area contributed by atoms with Gasteiger partial charge in [-0.15, -0.1) is 0 Å². The quantitative estimate of drug-likeness (QED) is 0.851. The minimum absolute atomic E-state index is 0.0603. The monoisotopic (exact) mass is 258 g/mol. The Labute approximate surface area is 99.8 Å². The summed E-state index contributed by atoms with van der Waals surface area (Å²) in [6.45, 7) is 3.64. The van der Waals surface area contributed by atoms with E-state index in [1.807, 2.05) is 0 Å². The Morgan fingerprint density at radius 1 is 1.47 bits per heavy atom. The highest BCUT2D eigenvalue weighted by Gasteiger charge is 2.11. The van der Waals surface area contributed by atoms with Gasteiger partial charge < -0.3 is 4.74 Å². The number of carbonyl (C=O) groups is 1. The van der Waals surface area contributed by atoms with Gasteiger partial charge in [0.2, 0.25) is 10.0 Å². The first-order valence-corrected chi connectivity index (χ1v) is 6.46. The number of hydrogen-bond donors (Lipinski definition) is 2. The van der Waals surface area contributed by atoms with E-state index in [1.54, 1.807) is 19.9 Å². The molecule has 3 N–H and O–H groups in total. The number of rotatable bonds is 3. The van der Waals surface area contributed by atoms with Crippen molar-refractivity contribution in [2.24, 2.45) is 5.14 Å². The molecule has 0 aliphatic heterocycles. The van der Waals surface area contributed by atoms with Gasteiger partial charge in [-0.3, -0.25) is 5.32 Å². The van der Waals surface area contributed by atoms with Gasteiger partial charge in [0, 0.05) is 5.69 Å². The molecule has 0 aromatic heterocycles. The highest BCUT2D eigenvalue weighted by molar-refractivity contribution is 7.89. The van der Waals surface area contributed by atoms with Crippen LogP contribution in [-0.2, 0) is 14.8 Å². The standard InChI is InChI=1S/C10H14N2O4S/c1-3-16-10(13)12-9-6-8(17(11,14)15)5-4-7(9)2/h4-6H,3H2,1-2H3,(H,12,13)(H2,11,14,15). The molecule has 1 rings (SSSR count). The maximum Gasteiger partial charge on any atom is 0.411 e. The molecule has 1 aromatic rings. The Balaban J connectivity index is 3.03.